The van der Waals surface area contributed by atoms with Crippen LogP contribution in [0.25, 0.3) is 0 Å². The molecule has 128 valence electrons. The first-order valence-corrected chi connectivity index (χ1v) is 8.67. The van der Waals surface area contributed by atoms with Crippen molar-refractivity contribution in [2.45, 2.75) is 26.0 Å². The first kappa shape index (κ1) is 16.7. The number of ether oxygens (including phenoxy) is 1. The van der Waals surface area contributed by atoms with Crippen molar-refractivity contribution in [2.24, 2.45) is 5.73 Å². The number of carbonyl (C=O) groups excluding carboxylic acids is 1. The third kappa shape index (κ3) is 3.65. The lowest BCUT2D eigenvalue weighted by atomic mass is 10.2. The molecule has 24 heavy (non-hydrogen) atoms. The number of morpholine rings is 1. The Morgan fingerprint density at radius 3 is 3.04 bits per heavy atom. The molecular formula is C16H21N5O2S. The van der Waals surface area contributed by atoms with Gasteiger partial charge in [0.05, 0.1) is 13.2 Å². The highest BCUT2D eigenvalue weighted by Crippen LogP contribution is 2.21. The van der Waals surface area contributed by atoms with E-state index in [0.29, 0.717) is 26.2 Å². The van der Waals surface area contributed by atoms with Crippen molar-refractivity contribution in [2.75, 3.05) is 24.6 Å². The van der Waals surface area contributed by atoms with Gasteiger partial charge >= 0.3 is 0 Å². The van der Waals surface area contributed by atoms with E-state index in [1.807, 2.05) is 17.9 Å². The Morgan fingerprint density at radius 1 is 1.54 bits per heavy atom. The quantitative estimate of drug-likeness (QED) is 0.794. The van der Waals surface area contributed by atoms with Gasteiger partial charge in [-0.25, -0.2) is 0 Å². The van der Waals surface area contributed by atoms with Crippen molar-refractivity contribution in [3.8, 4) is 0 Å². The summed E-state index contributed by atoms with van der Waals surface area (Å²) in [6.07, 6.45) is 0.108. The van der Waals surface area contributed by atoms with E-state index >= 15 is 0 Å². The van der Waals surface area contributed by atoms with E-state index in [1.54, 1.807) is 11.3 Å². The Hall–Kier alpha value is -2.19. The Kier molecular flexibility index (Phi) is 4.96. The predicted octanol–water partition coefficient (Wildman–Crippen LogP) is 1.20. The fourth-order valence-electron chi connectivity index (χ4n) is 2.69. The number of aromatic nitrogens is 3. The molecule has 1 amide bonds. The zero-order valence-corrected chi connectivity index (χ0v) is 14.5. The van der Waals surface area contributed by atoms with Crippen molar-refractivity contribution in [1.82, 2.24) is 14.8 Å². The summed E-state index contributed by atoms with van der Waals surface area (Å²) in [5, 5.41) is 10.8. The molecule has 0 aromatic carbocycles. The van der Waals surface area contributed by atoms with Crippen LogP contribution in [0.4, 0.5) is 5.95 Å². The standard InChI is InChI=1S/C16H21N5O2S/c1-11(2)9-21-14(8-12-4-3-7-24-12)18-19-16(21)20-5-6-23-13(10-20)15(17)22/h3-4,7,13H,1,5-6,8-10H2,2H3,(H2,17,22). The lowest BCUT2D eigenvalue weighted by molar-refractivity contribution is -0.130. The second-order valence-electron chi connectivity index (χ2n) is 5.92. The van der Waals surface area contributed by atoms with Crippen LogP contribution >= 0.6 is 11.3 Å². The largest absolute Gasteiger partial charge is 0.367 e. The minimum Gasteiger partial charge on any atom is -0.367 e. The Bertz CT molecular complexity index is 725. The van der Waals surface area contributed by atoms with Crippen LogP contribution in [0.5, 0.6) is 0 Å². The highest BCUT2D eigenvalue weighted by atomic mass is 32.1. The summed E-state index contributed by atoms with van der Waals surface area (Å²) in [6, 6.07) is 4.11. The normalized spacial score (nSPS) is 17.9. The van der Waals surface area contributed by atoms with Gasteiger partial charge in [-0.2, -0.15) is 0 Å². The fraction of sp³-hybridized carbons (Fsp3) is 0.438. The third-order valence-electron chi connectivity index (χ3n) is 3.81. The van der Waals surface area contributed by atoms with E-state index < -0.39 is 12.0 Å². The lowest BCUT2D eigenvalue weighted by Crippen LogP contribution is -2.49. The molecular weight excluding hydrogens is 326 g/mol. The van der Waals surface area contributed by atoms with Crippen LogP contribution < -0.4 is 10.6 Å². The molecule has 7 nitrogen and oxygen atoms in total. The number of allylic oxidation sites excluding steroid dienone is 1. The molecule has 1 atom stereocenters. The van der Waals surface area contributed by atoms with Crippen LogP contribution in [-0.4, -0.2) is 46.5 Å². The van der Waals surface area contributed by atoms with E-state index in [-0.39, 0.29) is 0 Å². The van der Waals surface area contributed by atoms with E-state index in [9.17, 15) is 4.79 Å². The average Bonchev–Trinajstić information content (AvgIpc) is 3.18. The molecule has 0 spiro atoms. The molecule has 8 heteroatoms. The second kappa shape index (κ2) is 7.14. The van der Waals surface area contributed by atoms with Crippen molar-refractivity contribution in [3.05, 3.63) is 40.4 Å². The van der Waals surface area contributed by atoms with E-state index in [2.05, 4.69) is 32.8 Å². The summed E-state index contributed by atoms with van der Waals surface area (Å²) in [6.45, 7) is 8.10. The maximum atomic E-state index is 11.4. The predicted molar refractivity (Wildman–Crippen MR) is 93.1 cm³/mol. The van der Waals surface area contributed by atoms with Crippen molar-refractivity contribution in [1.29, 1.82) is 0 Å². The number of hydrogen-bond donors (Lipinski definition) is 1. The van der Waals surface area contributed by atoms with Gasteiger partial charge in [0.1, 0.15) is 5.82 Å². The molecule has 0 radical (unpaired) electrons. The molecule has 1 fully saturated rings. The number of nitrogens with zero attached hydrogens (tertiary/aromatic N) is 4. The molecule has 2 aromatic heterocycles. The fourth-order valence-corrected chi connectivity index (χ4v) is 3.40. The average molecular weight is 347 g/mol. The van der Waals surface area contributed by atoms with Gasteiger partial charge in [-0.15, -0.1) is 21.5 Å². The molecule has 1 saturated heterocycles. The number of hydrogen-bond acceptors (Lipinski definition) is 6. The SMILES string of the molecule is C=C(C)Cn1c(Cc2cccs2)nnc1N1CCOC(C(N)=O)C1. The van der Waals surface area contributed by atoms with Crippen molar-refractivity contribution >= 4 is 23.2 Å². The number of anilines is 1. The van der Waals surface area contributed by atoms with Gasteiger partial charge in [0.15, 0.2) is 6.10 Å². The Balaban J connectivity index is 1.87. The minimum absolute atomic E-state index is 0.392. The minimum atomic E-state index is -0.616. The highest BCUT2D eigenvalue weighted by Gasteiger charge is 2.28. The van der Waals surface area contributed by atoms with Crippen LogP contribution in [-0.2, 0) is 22.5 Å². The molecule has 0 aliphatic carbocycles. The summed E-state index contributed by atoms with van der Waals surface area (Å²) >= 11 is 1.70. The maximum Gasteiger partial charge on any atom is 0.248 e. The molecule has 3 rings (SSSR count). The maximum absolute atomic E-state index is 11.4. The monoisotopic (exact) mass is 347 g/mol. The van der Waals surface area contributed by atoms with E-state index in [1.165, 1.54) is 4.88 Å². The van der Waals surface area contributed by atoms with Crippen molar-refractivity contribution < 1.29 is 9.53 Å². The first-order chi connectivity index (χ1) is 11.5. The molecule has 2 aromatic rings. The van der Waals surface area contributed by atoms with Gasteiger partial charge < -0.3 is 15.4 Å². The number of nitrogens with two attached hydrogens (primary N) is 1. The van der Waals surface area contributed by atoms with Crippen LogP contribution in [0.1, 0.15) is 17.6 Å². The van der Waals surface area contributed by atoms with Crippen LogP contribution in [0.15, 0.2) is 29.7 Å². The summed E-state index contributed by atoms with van der Waals surface area (Å²) in [5.74, 6) is 1.17. The van der Waals surface area contributed by atoms with Gasteiger partial charge in [0.2, 0.25) is 11.9 Å². The van der Waals surface area contributed by atoms with E-state index in [4.69, 9.17) is 10.5 Å². The summed E-state index contributed by atoms with van der Waals surface area (Å²) in [7, 11) is 0. The summed E-state index contributed by atoms with van der Waals surface area (Å²) < 4.78 is 7.48. The molecule has 0 saturated carbocycles. The van der Waals surface area contributed by atoms with Gasteiger partial charge in [-0.1, -0.05) is 18.2 Å². The molecule has 1 unspecified atom stereocenters. The molecule has 2 N–H and O–H groups in total. The molecule has 1 aliphatic rings. The lowest BCUT2D eigenvalue weighted by Gasteiger charge is -2.32. The summed E-state index contributed by atoms with van der Waals surface area (Å²) in [4.78, 5) is 14.7. The first-order valence-electron chi connectivity index (χ1n) is 7.79. The summed E-state index contributed by atoms with van der Waals surface area (Å²) in [5.41, 5.74) is 6.39. The zero-order valence-electron chi connectivity index (χ0n) is 13.6. The van der Waals surface area contributed by atoms with Gasteiger partial charge in [0, 0.05) is 24.4 Å². The molecule has 3 heterocycles. The number of amides is 1. The van der Waals surface area contributed by atoms with Crippen LogP contribution in [0.2, 0.25) is 0 Å². The van der Waals surface area contributed by atoms with Crippen LogP contribution in [0, 0.1) is 0 Å². The second-order valence-corrected chi connectivity index (χ2v) is 6.96. The number of carbonyl (C=O) groups is 1. The van der Waals surface area contributed by atoms with Gasteiger partial charge in [-0.3, -0.25) is 9.36 Å². The van der Waals surface area contributed by atoms with Crippen LogP contribution in [0.3, 0.4) is 0 Å². The smallest absolute Gasteiger partial charge is 0.248 e. The highest BCUT2D eigenvalue weighted by molar-refractivity contribution is 7.09. The van der Waals surface area contributed by atoms with E-state index in [0.717, 1.165) is 23.8 Å². The third-order valence-corrected chi connectivity index (χ3v) is 4.69. The van der Waals surface area contributed by atoms with Gasteiger partial charge in [-0.05, 0) is 18.4 Å². The molecule has 0 bridgehead atoms. The van der Waals surface area contributed by atoms with Gasteiger partial charge in [0.25, 0.3) is 0 Å². The Labute approximate surface area is 144 Å². The van der Waals surface area contributed by atoms with Crippen molar-refractivity contribution in [3.63, 3.8) is 0 Å². The number of primary amides is 1. The number of thiophene rings is 1. The number of rotatable bonds is 6. The zero-order chi connectivity index (χ0) is 17.1. The Morgan fingerprint density at radius 2 is 2.38 bits per heavy atom. The molecule has 1 aliphatic heterocycles. The topological polar surface area (TPSA) is 86.3 Å².